The highest BCUT2D eigenvalue weighted by atomic mass is 16.4. The Morgan fingerprint density at radius 3 is 2.08 bits per heavy atom. The minimum Gasteiger partial charge on any atom is -0.480 e. The number of carbonyl (C=O) groups is 3. The molecule has 0 aromatic heterocycles. The molecule has 6 nitrogen and oxygen atoms in total. The van der Waals surface area contributed by atoms with Crippen molar-refractivity contribution in [2.45, 2.75) is 13.0 Å². The van der Waals surface area contributed by atoms with Crippen molar-refractivity contribution in [1.82, 2.24) is 10.6 Å². The quantitative estimate of drug-likeness (QED) is 0.703. The summed E-state index contributed by atoms with van der Waals surface area (Å²) in [6, 6.07) is 16.3. The van der Waals surface area contributed by atoms with E-state index >= 15 is 0 Å². The summed E-state index contributed by atoms with van der Waals surface area (Å²) in [7, 11) is 0. The fourth-order valence-electron chi connectivity index (χ4n) is 1.99. The molecule has 1 unspecified atom stereocenters. The molecule has 25 heavy (non-hydrogen) atoms. The molecule has 0 spiro atoms. The zero-order valence-corrected chi connectivity index (χ0v) is 13.6. The van der Waals surface area contributed by atoms with Gasteiger partial charge >= 0.3 is 5.97 Å². The molecule has 2 amide bonds. The maximum Gasteiger partial charge on any atom is 0.325 e. The molecular weight excluding hydrogens is 320 g/mol. The molecule has 0 aliphatic heterocycles. The SMILES string of the molecule is CC(NC(=O)C(=Cc1ccccc1)NC(=O)c1ccccc1)C(=O)O. The predicted octanol–water partition coefficient (Wildman–Crippen LogP) is 2.05. The second-order valence-corrected chi connectivity index (χ2v) is 5.32. The van der Waals surface area contributed by atoms with E-state index in [4.69, 9.17) is 5.11 Å². The number of rotatable bonds is 6. The minimum absolute atomic E-state index is 0.0341. The summed E-state index contributed by atoms with van der Waals surface area (Å²) in [6.07, 6.45) is 1.49. The zero-order valence-electron chi connectivity index (χ0n) is 13.6. The Balaban J connectivity index is 2.26. The van der Waals surface area contributed by atoms with Crippen molar-refractivity contribution in [3.05, 3.63) is 77.5 Å². The van der Waals surface area contributed by atoms with Crippen LogP contribution in [0, 0.1) is 0 Å². The predicted molar refractivity (Wildman–Crippen MR) is 93.6 cm³/mol. The van der Waals surface area contributed by atoms with E-state index in [0.717, 1.165) is 0 Å². The van der Waals surface area contributed by atoms with Crippen molar-refractivity contribution in [3.8, 4) is 0 Å². The third-order valence-electron chi connectivity index (χ3n) is 3.36. The summed E-state index contributed by atoms with van der Waals surface area (Å²) in [5.74, 6) is -2.30. The molecule has 128 valence electrons. The van der Waals surface area contributed by atoms with E-state index in [2.05, 4.69) is 10.6 Å². The van der Waals surface area contributed by atoms with Crippen molar-refractivity contribution in [1.29, 1.82) is 0 Å². The highest BCUT2D eigenvalue weighted by Crippen LogP contribution is 2.07. The Morgan fingerprint density at radius 2 is 1.52 bits per heavy atom. The van der Waals surface area contributed by atoms with Crippen molar-refractivity contribution < 1.29 is 19.5 Å². The first kappa shape index (κ1) is 17.9. The topological polar surface area (TPSA) is 95.5 Å². The molecular formula is C19H18N2O4. The summed E-state index contributed by atoms with van der Waals surface area (Å²) in [5, 5.41) is 13.8. The van der Waals surface area contributed by atoms with Crippen LogP contribution in [0.1, 0.15) is 22.8 Å². The third-order valence-corrected chi connectivity index (χ3v) is 3.36. The lowest BCUT2D eigenvalue weighted by molar-refractivity contribution is -0.140. The van der Waals surface area contributed by atoms with Gasteiger partial charge in [-0.3, -0.25) is 14.4 Å². The van der Waals surface area contributed by atoms with Gasteiger partial charge in [-0.05, 0) is 30.7 Å². The molecule has 0 saturated heterocycles. The number of carbonyl (C=O) groups excluding carboxylic acids is 2. The number of benzene rings is 2. The Hall–Kier alpha value is -3.41. The summed E-state index contributed by atoms with van der Waals surface area (Å²) in [4.78, 5) is 35.6. The molecule has 0 bridgehead atoms. The molecule has 0 fully saturated rings. The molecule has 2 aromatic carbocycles. The number of hydrogen-bond donors (Lipinski definition) is 3. The number of nitrogens with one attached hydrogen (secondary N) is 2. The number of amides is 2. The molecule has 0 heterocycles. The first-order chi connectivity index (χ1) is 12.0. The van der Waals surface area contributed by atoms with Gasteiger partial charge < -0.3 is 15.7 Å². The van der Waals surface area contributed by atoms with Crippen LogP contribution in [0.2, 0.25) is 0 Å². The lowest BCUT2D eigenvalue weighted by Gasteiger charge is -2.13. The molecule has 0 aliphatic rings. The van der Waals surface area contributed by atoms with Gasteiger partial charge in [0, 0.05) is 5.56 Å². The van der Waals surface area contributed by atoms with Gasteiger partial charge in [-0.1, -0.05) is 48.5 Å². The molecule has 3 N–H and O–H groups in total. The second kappa shape index (κ2) is 8.44. The highest BCUT2D eigenvalue weighted by molar-refractivity contribution is 6.06. The Kier molecular flexibility index (Phi) is 6.06. The number of carboxylic acids is 1. The van der Waals surface area contributed by atoms with Crippen LogP contribution < -0.4 is 10.6 Å². The lowest BCUT2D eigenvalue weighted by Crippen LogP contribution is -2.42. The van der Waals surface area contributed by atoms with E-state index in [1.54, 1.807) is 54.6 Å². The number of hydrogen-bond acceptors (Lipinski definition) is 3. The molecule has 0 saturated carbocycles. The van der Waals surface area contributed by atoms with E-state index in [0.29, 0.717) is 11.1 Å². The van der Waals surface area contributed by atoms with Gasteiger partial charge in [0.05, 0.1) is 0 Å². The molecule has 2 aromatic rings. The summed E-state index contributed by atoms with van der Waals surface area (Å²) < 4.78 is 0. The Labute approximate surface area is 145 Å². The first-order valence-electron chi connectivity index (χ1n) is 7.64. The maximum absolute atomic E-state index is 12.4. The largest absolute Gasteiger partial charge is 0.480 e. The molecule has 1 atom stereocenters. The smallest absolute Gasteiger partial charge is 0.325 e. The second-order valence-electron chi connectivity index (χ2n) is 5.32. The van der Waals surface area contributed by atoms with Crippen molar-refractivity contribution in [2.24, 2.45) is 0 Å². The van der Waals surface area contributed by atoms with Gasteiger partial charge in [0.25, 0.3) is 11.8 Å². The van der Waals surface area contributed by atoms with E-state index in [1.807, 2.05) is 6.07 Å². The highest BCUT2D eigenvalue weighted by Gasteiger charge is 2.19. The molecule has 0 aliphatic carbocycles. The van der Waals surface area contributed by atoms with Gasteiger partial charge in [0.1, 0.15) is 11.7 Å². The number of carboxylic acid groups (broad SMARTS) is 1. The van der Waals surface area contributed by atoms with Crippen LogP contribution in [0.5, 0.6) is 0 Å². The molecule has 2 rings (SSSR count). The summed E-state index contributed by atoms with van der Waals surface area (Å²) >= 11 is 0. The van der Waals surface area contributed by atoms with Crippen molar-refractivity contribution >= 4 is 23.9 Å². The molecule has 6 heteroatoms. The minimum atomic E-state index is -1.17. The van der Waals surface area contributed by atoms with Crippen molar-refractivity contribution in [2.75, 3.05) is 0 Å². The first-order valence-corrected chi connectivity index (χ1v) is 7.64. The van der Waals surface area contributed by atoms with Gasteiger partial charge in [0.2, 0.25) is 0 Å². The van der Waals surface area contributed by atoms with Crippen molar-refractivity contribution in [3.63, 3.8) is 0 Å². The van der Waals surface area contributed by atoms with Gasteiger partial charge in [-0.15, -0.1) is 0 Å². The van der Waals surface area contributed by atoms with Crippen LogP contribution in [-0.4, -0.2) is 28.9 Å². The van der Waals surface area contributed by atoms with Crippen LogP contribution in [0.3, 0.4) is 0 Å². The average Bonchev–Trinajstić information content (AvgIpc) is 2.62. The average molecular weight is 338 g/mol. The van der Waals surface area contributed by atoms with E-state index in [-0.39, 0.29) is 5.70 Å². The molecule has 0 radical (unpaired) electrons. The van der Waals surface area contributed by atoms with Crippen LogP contribution in [0.15, 0.2) is 66.4 Å². The Morgan fingerprint density at radius 1 is 0.960 bits per heavy atom. The maximum atomic E-state index is 12.4. The van der Waals surface area contributed by atoms with E-state index < -0.39 is 23.8 Å². The number of aliphatic carboxylic acids is 1. The standard InChI is InChI=1S/C19H18N2O4/c1-13(19(24)25)20-18(23)16(12-14-8-4-2-5-9-14)21-17(22)15-10-6-3-7-11-15/h2-13H,1H3,(H,20,23)(H,21,22)(H,24,25). The van der Waals surface area contributed by atoms with Gasteiger partial charge in [-0.25, -0.2) is 0 Å². The van der Waals surface area contributed by atoms with Crippen LogP contribution >= 0.6 is 0 Å². The summed E-state index contributed by atoms with van der Waals surface area (Å²) in [5.41, 5.74) is 1.05. The lowest BCUT2D eigenvalue weighted by atomic mass is 10.1. The monoisotopic (exact) mass is 338 g/mol. The zero-order chi connectivity index (χ0) is 18.2. The van der Waals surface area contributed by atoms with Gasteiger partial charge in [-0.2, -0.15) is 0 Å². The van der Waals surface area contributed by atoms with Crippen LogP contribution in [0.25, 0.3) is 6.08 Å². The third kappa shape index (κ3) is 5.31. The fourth-order valence-corrected chi connectivity index (χ4v) is 1.99. The van der Waals surface area contributed by atoms with Gasteiger partial charge in [0.15, 0.2) is 0 Å². The van der Waals surface area contributed by atoms with E-state index in [1.165, 1.54) is 13.0 Å². The fraction of sp³-hybridized carbons (Fsp3) is 0.105. The van der Waals surface area contributed by atoms with Crippen LogP contribution in [0.4, 0.5) is 0 Å². The Bertz CT molecular complexity index is 786. The summed E-state index contributed by atoms with van der Waals surface area (Å²) in [6.45, 7) is 1.35. The van der Waals surface area contributed by atoms with Crippen LogP contribution in [-0.2, 0) is 9.59 Å². The normalized spacial score (nSPS) is 12.1. The van der Waals surface area contributed by atoms with E-state index in [9.17, 15) is 14.4 Å².